The summed E-state index contributed by atoms with van der Waals surface area (Å²) in [7, 11) is 0. The van der Waals surface area contributed by atoms with E-state index < -0.39 is 23.5 Å². The van der Waals surface area contributed by atoms with Crippen molar-refractivity contribution in [1.29, 1.82) is 0 Å². The molecule has 1 heterocycles. The number of esters is 1. The van der Waals surface area contributed by atoms with Crippen LogP contribution in [0.4, 0.5) is 26.3 Å². The molecule has 1 fully saturated rings. The van der Waals surface area contributed by atoms with E-state index in [1.165, 1.54) is 24.3 Å². The summed E-state index contributed by atoms with van der Waals surface area (Å²) in [4.78, 5) is 14.1. The van der Waals surface area contributed by atoms with Crippen LogP contribution in [0.15, 0.2) is 54.6 Å². The van der Waals surface area contributed by atoms with Gasteiger partial charge in [0, 0.05) is 13.1 Å². The normalized spacial score (nSPS) is 16.9. The van der Waals surface area contributed by atoms with E-state index in [1.807, 2.05) is 0 Å². The first kappa shape index (κ1) is 28.7. The summed E-state index contributed by atoms with van der Waals surface area (Å²) in [5, 5.41) is 0. The Morgan fingerprint density at radius 1 is 0.946 bits per heavy atom. The number of benzene rings is 2. The molecule has 3 rings (SSSR count). The number of halogens is 6. The van der Waals surface area contributed by atoms with Gasteiger partial charge >= 0.3 is 18.3 Å². The Bertz CT molecular complexity index is 986. The van der Waals surface area contributed by atoms with Crippen LogP contribution in [-0.2, 0) is 26.6 Å². The van der Waals surface area contributed by atoms with Gasteiger partial charge in [0.1, 0.15) is 0 Å². The second kappa shape index (κ2) is 12.6. The highest BCUT2D eigenvalue weighted by atomic mass is 19.4. The zero-order valence-electron chi connectivity index (χ0n) is 20.4. The molecule has 0 amide bonds. The predicted molar refractivity (Wildman–Crippen MR) is 127 cm³/mol. The van der Waals surface area contributed by atoms with Crippen molar-refractivity contribution < 1.29 is 40.6 Å². The van der Waals surface area contributed by atoms with Gasteiger partial charge in [0.25, 0.3) is 0 Å². The minimum atomic E-state index is -4.50. The molecule has 1 unspecified atom stereocenters. The molecule has 1 aliphatic rings. The van der Waals surface area contributed by atoms with Gasteiger partial charge in [-0.15, -0.1) is 0 Å². The van der Waals surface area contributed by atoms with Crippen LogP contribution in [-0.4, -0.2) is 50.3 Å². The lowest BCUT2D eigenvalue weighted by atomic mass is 9.95. The fourth-order valence-electron chi connectivity index (χ4n) is 4.21. The second-order valence-corrected chi connectivity index (χ2v) is 8.73. The highest BCUT2D eigenvalue weighted by Gasteiger charge is 2.31. The summed E-state index contributed by atoms with van der Waals surface area (Å²) >= 11 is 0. The van der Waals surface area contributed by atoms with Crippen LogP contribution < -0.4 is 0 Å². The SMILES string of the molecule is CCOC(=O)C1CCCN(CCOCC=C(c2ccc(C(F)(F)F)cc2)c2ccc(C(F)(F)F)cc2)C1. The van der Waals surface area contributed by atoms with Gasteiger partial charge in [-0.3, -0.25) is 4.79 Å². The smallest absolute Gasteiger partial charge is 0.416 e. The Kier molecular flexibility index (Phi) is 9.78. The zero-order valence-corrected chi connectivity index (χ0v) is 20.4. The van der Waals surface area contributed by atoms with Gasteiger partial charge in [0.15, 0.2) is 0 Å². The Morgan fingerprint density at radius 3 is 1.97 bits per heavy atom. The van der Waals surface area contributed by atoms with Gasteiger partial charge < -0.3 is 14.4 Å². The molecule has 0 N–H and O–H groups in total. The number of piperidine rings is 1. The average molecular weight is 530 g/mol. The summed E-state index contributed by atoms with van der Waals surface area (Å²) in [5.74, 6) is -0.367. The van der Waals surface area contributed by atoms with Crippen LogP contribution >= 0.6 is 0 Å². The van der Waals surface area contributed by atoms with E-state index in [4.69, 9.17) is 9.47 Å². The van der Waals surface area contributed by atoms with Crippen LogP contribution in [0.1, 0.15) is 42.0 Å². The number of carbonyl (C=O) groups is 1. The third kappa shape index (κ3) is 8.33. The number of nitrogens with zero attached hydrogens (tertiary/aromatic N) is 1. The highest BCUT2D eigenvalue weighted by molar-refractivity contribution is 5.80. The van der Waals surface area contributed by atoms with E-state index in [-0.39, 0.29) is 18.5 Å². The van der Waals surface area contributed by atoms with E-state index >= 15 is 0 Å². The van der Waals surface area contributed by atoms with Gasteiger partial charge in [-0.2, -0.15) is 26.3 Å². The van der Waals surface area contributed by atoms with Gasteiger partial charge in [0.2, 0.25) is 0 Å². The number of alkyl halides is 6. The topological polar surface area (TPSA) is 38.8 Å². The summed E-state index contributed by atoms with van der Waals surface area (Å²) in [5.41, 5.74) is -0.332. The van der Waals surface area contributed by atoms with Crippen LogP contribution in [0.2, 0.25) is 0 Å². The molecule has 0 radical (unpaired) electrons. The fraction of sp³-hybridized carbons (Fsp3) is 0.444. The summed E-state index contributed by atoms with van der Waals surface area (Å²) < 4.78 is 88.7. The molecule has 2 aromatic carbocycles. The molecule has 0 aromatic heterocycles. The summed E-state index contributed by atoms with van der Waals surface area (Å²) in [6, 6.07) is 8.89. The Labute approximate surface area is 211 Å². The maximum Gasteiger partial charge on any atom is 0.416 e. The molecule has 0 aliphatic carbocycles. The van der Waals surface area contributed by atoms with Gasteiger partial charge in [-0.05, 0) is 67.3 Å². The first-order valence-electron chi connectivity index (χ1n) is 12.0. The van der Waals surface area contributed by atoms with Crippen molar-refractivity contribution in [2.45, 2.75) is 32.1 Å². The van der Waals surface area contributed by atoms with Crippen molar-refractivity contribution >= 4 is 11.5 Å². The summed E-state index contributed by atoms with van der Waals surface area (Å²) in [6.45, 7) is 4.55. The number of hydrogen-bond acceptors (Lipinski definition) is 4. The average Bonchev–Trinajstić information content (AvgIpc) is 2.86. The molecule has 2 aromatic rings. The molecular weight excluding hydrogens is 500 g/mol. The number of ether oxygens (including phenoxy) is 2. The molecule has 0 saturated carbocycles. The molecule has 202 valence electrons. The molecule has 10 heteroatoms. The minimum absolute atomic E-state index is 0.104. The first-order chi connectivity index (χ1) is 17.5. The van der Waals surface area contributed by atoms with Gasteiger partial charge in [-0.25, -0.2) is 0 Å². The highest BCUT2D eigenvalue weighted by Crippen LogP contribution is 2.33. The number of hydrogen-bond donors (Lipinski definition) is 0. The standard InChI is InChI=1S/C27H29F6NO3/c1-2-37-25(35)21-4-3-14-34(18-21)15-17-36-16-13-24(19-5-9-22(10-6-19)26(28,29)30)20-7-11-23(12-8-20)27(31,32)33/h5-13,21H,2-4,14-18H2,1H3. The Balaban J connectivity index is 1.67. The molecule has 37 heavy (non-hydrogen) atoms. The maximum atomic E-state index is 13.0. The summed E-state index contributed by atoms with van der Waals surface area (Å²) in [6.07, 6.45) is -5.71. The van der Waals surface area contributed by atoms with Crippen molar-refractivity contribution in [2.75, 3.05) is 39.5 Å². The zero-order chi connectivity index (χ0) is 27.1. The Hall–Kier alpha value is -2.85. The third-order valence-corrected chi connectivity index (χ3v) is 6.13. The van der Waals surface area contributed by atoms with E-state index in [9.17, 15) is 31.1 Å². The van der Waals surface area contributed by atoms with Crippen LogP contribution in [0, 0.1) is 5.92 Å². The maximum absolute atomic E-state index is 13.0. The lowest BCUT2D eigenvalue weighted by Gasteiger charge is -2.31. The lowest BCUT2D eigenvalue weighted by molar-refractivity contribution is -0.150. The molecule has 0 spiro atoms. The van der Waals surface area contributed by atoms with Crippen molar-refractivity contribution in [3.05, 3.63) is 76.9 Å². The first-order valence-corrected chi connectivity index (χ1v) is 12.0. The predicted octanol–water partition coefficient (Wildman–Crippen LogP) is 6.45. The van der Waals surface area contributed by atoms with Crippen molar-refractivity contribution in [2.24, 2.45) is 5.92 Å². The van der Waals surface area contributed by atoms with Crippen molar-refractivity contribution in [3.63, 3.8) is 0 Å². The van der Waals surface area contributed by atoms with E-state index in [1.54, 1.807) is 13.0 Å². The quantitative estimate of drug-likeness (QED) is 0.213. The molecule has 1 atom stereocenters. The Morgan fingerprint density at radius 2 is 1.49 bits per heavy atom. The van der Waals surface area contributed by atoms with Gasteiger partial charge in [-0.1, -0.05) is 30.3 Å². The molecule has 4 nitrogen and oxygen atoms in total. The van der Waals surface area contributed by atoms with E-state index in [0.29, 0.717) is 43.0 Å². The third-order valence-electron chi connectivity index (χ3n) is 6.13. The molecule has 1 aliphatic heterocycles. The van der Waals surface area contributed by atoms with Crippen LogP contribution in [0.3, 0.4) is 0 Å². The number of carbonyl (C=O) groups excluding carboxylic acids is 1. The van der Waals surface area contributed by atoms with Crippen molar-refractivity contribution in [1.82, 2.24) is 4.90 Å². The lowest BCUT2D eigenvalue weighted by Crippen LogP contribution is -2.40. The van der Waals surface area contributed by atoms with Crippen molar-refractivity contribution in [3.8, 4) is 0 Å². The van der Waals surface area contributed by atoms with Gasteiger partial charge in [0.05, 0.1) is 36.9 Å². The number of likely N-dealkylation sites (tertiary alicyclic amines) is 1. The molecule has 0 bridgehead atoms. The monoisotopic (exact) mass is 529 g/mol. The molecular formula is C27H29F6NO3. The molecule has 1 saturated heterocycles. The van der Waals surface area contributed by atoms with E-state index in [0.717, 1.165) is 43.7 Å². The second-order valence-electron chi connectivity index (χ2n) is 8.73. The minimum Gasteiger partial charge on any atom is -0.466 e. The fourth-order valence-corrected chi connectivity index (χ4v) is 4.21. The largest absolute Gasteiger partial charge is 0.466 e. The number of rotatable bonds is 9. The van der Waals surface area contributed by atoms with E-state index in [2.05, 4.69) is 4.90 Å². The van der Waals surface area contributed by atoms with Crippen LogP contribution in [0.25, 0.3) is 5.57 Å². The van der Waals surface area contributed by atoms with Crippen LogP contribution in [0.5, 0.6) is 0 Å².